The zero-order chi connectivity index (χ0) is 23.2. The van der Waals surface area contributed by atoms with E-state index < -0.39 is 4.92 Å². The van der Waals surface area contributed by atoms with Crippen molar-refractivity contribution in [1.29, 1.82) is 0 Å². The minimum atomic E-state index is -0.458. The molecule has 1 heterocycles. The number of methoxy groups -OCH3 is 2. The van der Waals surface area contributed by atoms with Crippen LogP contribution in [0.25, 0.3) is 16.9 Å². The van der Waals surface area contributed by atoms with Gasteiger partial charge in [0.25, 0.3) is 5.69 Å². The fourth-order valence-corrected chi connectivity index (χ4v) is 3.30. The summed E-state index contributed by atoms with van der Waals surface area (Å²) < 4.78 is 12.5. The molecule has 9 heteroatoms. The first-order chi connectivity index (χ1) is 16.1. The summed E-state index contributed by atoms with van der Waals surface area (Å²) in [5, 5.41) is 20.2. The maximum Gasteiger partial charge on any atom is 0.294 e. The van der Waals surface area contributed by atoms with Gasteiger partial charge in [0, 0.05) is 23.4 Å². The largest absolute Gasteiger partial charge is 0.493 e. The first-order valence-corrected chi connectivity index (χ1v) is 10.0. The van der Waals surface area contributed by atoms with Crippen LogP contribution in [0, 0.1) is 10.1 Å². The number of hydrazone groups is 1. The van der Waals surface area contributed by atoms with E-state index in [2.05, 4.69) is 10.5 Å². The van der Waals surface area contributed by atoms with Gasteiger partial charge in [0.1, 0.15) is 11.4 Å². The van der Waals surface area contributed by atoms with Crippen molar-refractivity contribution < 1.29 is 14.4 Å². The number of nitro groups is 1. The van der Waals surface area contributed by atoms with E-state index in [0.717, 1.165) is 11.3 Å². The van der Waals surface area contributed by atoms with E-state index in [-0.39, 0.29) is 5.69 Å². The Balaban J connectivity index is 1.73. The molecule has 0 aliphatic carbocycles. The number of aromatic nitrogens is 2. The number of anilines is 1. The lowest BCUT2D eigenvalue weighted by molar-refractivity contribution is -0.384. The summed E-state index contributed by atoms with van der Waals surface area (Å²) >= 11 is 0. The summed E-state index contributed by atoms with van der Waals surface area (Å²) in [5.74, 6) is 1.18. The Kier molecular flexibility index (Phi) is 6.31. The topological polar surface area (TPSA) is 104 Å². The predicted molar refractivity (Wildman–Crippen MR) is 126 cm³/mol. The first kappa shape index (κ1) is 21.6. The van der Waals surface area contributed by atoms with Gasteiger partial charge in [-0.05, 0) is 36.4 Å². The number of benzene rings is 3. The van der Waals surface area contributed by atoms with E-state index in [4.69, 9.17) is 14.6 Å². The van der Waals surface area contributed by atoms with Crippen molar-refractivity contribution in [2.75, 3.05) is 19.6 Å². The quantitative estimate of drug-likeness (QED) is 0.236. The lowest BCUT2D eigenvalue weighted by Gasteiger charge is -2.09. The van der Waals surface area contributed by atoms with E-state index in [9.17, 15) is 10.1 Å². The molecule has 0 aliphatic rings. The van der Waals surface area contributed by atoms with Gasteiger partial charge in [0.05, 0.1) is 31.0 Å². The number of nitrogens with one attached hydrogen (secondary N) is 1. The molecule has 0 spiro atoms. The Bertz CT molecular complexity index is 1300. The summed E-state index contributed by atoms with van der Waals surface area (Å²) in [5.41, 5.74) is 6.04. The van der Waals surface area contributed by atoms with Gasteiger partial charge in [-0.15, -0.1) is 0 Å². The number of hydrogen-bond donors (Lipinski definition) is 1. The third kappa shape index (κ3) is 4.67. The minimum Gasteiger partial charge on any atom is -0.493 e. The van der Waals surface area contributed by atoms with Crippen LogP contribution in [0.4, 0.5) is 11.4 Å². The average molecular weight is 443 g/mol. The summed E-state index contributed by atoms with van der Waals surface area (Å²) in [6.07, 6.45) is 3.42. The molecule has 4 rings (SSSR count). The Labute approximate surface area is 190 Å². The molecule has 0 atom stereocenters. The van der Waals surface area contributed by atoms with E-state index in [0.29, 0.717) is 28.4 Å². The van der Waals surface area contributed by atoms with Gasteiger partial charge in [0.15, 0.2) is 11.5 Å². The molecule has 33 heavy (non-hydrogen) atoms. The van der Waals surface area contributed by atoms with Crippen LogP contribution in [0.15, 0.2) is 84.1 Å². The SMILES string of the molecule is COc1ccc(-c2nn(-c3ccccc3)cc2/C=N/Nc2ccccc2[N+](=O)[O-])cc1OC. The molecule has 1 N–H and O–H groups in total. The van der Waals surface area contributed by atoms with Crippen molar-refractivity contribution in [1.82, 2.24) is 9.78 Å². The van der Waals surface area contributed by atoms with E-state index >= 15 is 0 Å². The lowest BCUT2D eigenvalue weighted by Crippen LogP contribution is -1.97. The van der Waals surface area contributed by atoms with Gasteiger partial charge in [-0.25, -0.2) is 4.68 Å². The number of nitrogens with zero attached hydrogens (tertiary/aromatic N) is 4. The lowest BCUT2D eigenvalue weighted by atomic mass is 10.1. The summed E-state index contributed by atoms with van der Waals surface area (Å²) in [4.78, 5) is 10.8. The van der Waals surface area contributed by atoms with E-state index in [1.54, 1.807) is 43.3 Å². The second kappa shape index (κ2) is 9.65. The molecule has 3 aromatic carbocycles. The third-order valence-electron chi connectivity index (χ3n) is 4.91. The van der Waals surface area contributed by atoms with Gasteiger partial charge < -0.3 is 9.47 Å². The molecule has 0 radical (unpaired) electrons. The van der Waals surface area contributed by atoms with Crippen LogP contribution in [-0.4, -0.2) is 35.1 Å². The van der Waals surface area contributed by atoms with Crippen molar-refractivity contribution in [2.24, 2.45) is 5.10 Å². The van der Waals surface area contributed by atoms with Crippen molar-refractivity contribution >= 4 is 17.6 Å². The normalized spacial score (nSPS) is 10.8. The molecule has 166 valence electrons. The molecular formula is C24H21N5O4. The van der Waals surface area contributed by atoms with Gasteiger partial charge >= 0.3 is 0 Å². The molecule has 1 aromatic heterocycles. The summed E-state index contributed by atoms with van der Waals surface area (Å²) in [7, 11) is 3.15. The zero-order valence-corrected chi connectivity index (χ0v) is 18.0. The fraction of sp³-hybridized carbons (Fsp3) is 0.0833. The number of rotatable bonds is 8. The van der Waals surface area contributed by atoms with Crippen molar-refractivity contribution in [3.8, 4) is 28.4 Å². The standard InChI is InChI=1S/C24H21N5O4/c1-32-22-13-12-17(14-23(22)33-2)24-18(16-28(27-24)19-8-4-3-5-9-19)15-25-26-20-10-6-7-11-21(20)29(30)31/h3-16,26H,1-2H3/b25-15+. The van der Waals surface area contributed by atoms with Crippen LogP contribution in [0.1, 0.15) is 5.56 Å². The molecule has 0 aliphatic heterocycles. The van der Waals surface area contributed by atoms with Crippen molar-refractivity contribution in [3.63, 3.8) is 0 Å². The smallest absolute Gasteiger partial charge is 0.294 e. The number of hydrogen-bond acceptors (Lipinski definition) is 7. The number of ether oxygens (including phenoxy) is 2. The Hall–Kier alpha value is -4.66. The Morgan fingerprint density at radius 2 is 1.73 bits per heavy atom. The van der Waals surface area contributed by atoms with Crippen molar-refractivity contribution in [3.05, 3.63) is 94.7 Å². The average Bonchev–Trinajstić information content (AvgIpc) is 3.28. The minimum absolute atomic E-state index is 0.0604. The van der Waals surface area contributed by atoms with Gasteiger partial charge in [0.2, 0.25) is 0 Å². The Morgan fingerprint density at radius 1 is 1.00 bits per heavy atom. The van der Waals surface area contributed by atoms with Gasteiger partial charge in [-0.1, -0.05) is 30.3 Å². The van der Waals surface area contributed by atoms with Crippen molar-refractivity contribution in [2.45, 2.75) is 0 Å². The van der Waals surface area contributed by atoms with Crippen LogP contribution in [0.5, 0.6) is 11.5 Å². The predicted octanol–water partition coefficient (Wildman–Crippen LogP) is 4.91. The molecule has 4 aromatic rings. The van der Waals surface area contributed by atoms with Gasteiger partial charge in [-0.2, -0.15) is 10.2 Å². The van der Waals surface area contributed by atoms with Crippen LogP contribution in [0.3, 0.4) is 0 Å². The number of para-hydroxylation sites is 3. The summed E-state index contributed by atoms with van der Waals surface area (Å²) in [6.45, 7) is 0. The molecule has 0 bridgehead atoms. The van der Waals surface area contributed by atoms with Crippen LogP contribution in [-0.2, 0) is 0 Å². The molecule has 0 amide bonds. The highest BCUT2D eigenvalue weighted by molar-refractivity contribution is 5.89. The van der Waals surface area contributed by atoms with Crippen LogP contribution in [0.2, 0.25) is 0 Å². The molecule has 0 saturated carbocycles. The van der Waals surface area contributed by atoms with Crippen LogP contribution >= 0.6 is 0 Å². The highest BCUT2D eigenvalue weighted by Gasteiger charge is 2.15. The fourth-order valence-electron chi connectivity index (χ4n) is 3.30. The maximum absolute atomic E-state index is 11.2. The van der Waals surface area contributed by atoms with E-state index in [1.807, 2.05) is 54.7 Å². The third-order valence-corrected chi connectivity index (χ3v) is 4.91. The summed E-state index contributed by atoms with van der Waals surface area (Å²) in [6, 6.07) is 21.5. The van der Waals surface area contributed by atoms with Gasteiger partial charge in [-0.3, -0.25) is 15.5 Å². The highest BCUT2D eigenvalue weighted by atomic mass is 16.6. The molecule has 9 nitrogen and oxygen atoms in total. The van der Waals surface area contributed by atoms with E-state index in [1.165, 1.54) is 6.07 Å². The molecule has 0 fully saturated rings. The maximum atomic E-state index is 11.2. The number of nitro benzene ring substituents is 1. The van der Waals surface area contributed by atoms with Crippen LogP contribution < -0.4 is 14.9 Å². The second-order valence-electron chi connectivity index (χ2n) is 6.93. The molecular weight excluding hydrogens is 422 g/mol. The molecule has 0 unspecified atom stereocenters. The second-order valence-corrected chi connectivity index (χ2v) is 6.93. The first-order valence-electron chi connectivity index (χ1n) is 10.0. The highest BCUT2D eigenvalue weighted by Crippen LogP contribution is 2.33. The Morgan fingerprint density at radius 3 is 2.45 bits per heavy atom. The monoisotopic (exact) mass is 443 g/mol. The zero-order valence-electron chi connectivity index (χ0n) is 18.0. The molecule has 0 saturated heterocycles.